The summed E-state index contributed by atoms with van der Waals surface area (Å²) >= 11 is 4.64. The molecule has 1 N–H and O–H groups in total. The number of aromatic nitrogens is 3. The van der Waals surface area contributed by atoms with Crippen LogP contribution in [-0.2, 0) is 11.2 Å². The van der Waals surface area contributed by atoms with E-state index >= 15 is 0 Å². The van der Waals surface area contributed by atoms with Crippen molar-refractivity contribution in [2.24, 2.45) is 5.10 Å². The van der Waals surface area contributed by atoms with Gasteiger partial charge in [0, 0.05) is 16.9 Å². The highest BCUT2D eigenvalue weighted by Crippen LogP contribution is 2.36. The quantitative estimate of drug-likeness (QED) is 0.349. The van der Waals surface area contributed by atoms with E-state index in [1.54, 1.807) is 27.7 Å². The molecular formula is C23H21N5OS3. The number of thiophene rings is 2. The number of carbonyl (C=O) groups is 1. The summed E-state index contributed by atoms with van der Waals surface area (Å²) in [4.78, 5) is 19.9. The Morgan fingerprint density at radius 2 is 1.97 bits per heavy atom. The van der Waals surface area contributed by atoms with E-state index in [1.165, 1.54) is 17.3 Å². The van der Waals surface area contributed by atoms with E-state index in [4.69, 9.17) is 5.10 Å². The van der Waals surface area contributed by atoms with Crippen molar-refractivity contribution in [3.05, 3.63) is 74.6 Å². The Hall–Kier alpha value is -2.75. The Balaban J connectivity index is 1.28. The minimum Gasteiger partial charge on any atom is -0.272 e. The summed E-state index contributed by atoms with van der Waals surface area (Å²) < 4.78 is 0. The second-order valence-electron chi connectivity index (χ2n) is 7.30. The molecule has 5 rings (SSSR count). The number of aromatic amines is 1. The number of nitrogens with zero attached hydrogens (tertiary/aromatic N) is 4. The highest BCUT2D eigenvalue weighted by Gasteiger charge is 2.34. The summed E-state index contributed by atoms with van der Waals surface area (Å²) in [5.74, 6) is 0.895. The molecule has 9 heteroatoms. The average Bonchev–Trinajstić information content (AvgIpc) is 3.63. The van der Waals surface area contributed by atoms with E-state index in [0.717, 1.165) is 33.9 Å². The molecule has 1 aromatic carbocycles. The van der Waals surface area contributed by atoms with Crippen molar-refractivity contribution in [2.45, 2.75) is 31.0 Å². The summed E-state index contributed by atoms with van der Waals surface area (Å²) in [6, 6.07) is 16.4. The summed E-state index contributed by atoms with van der Waals surface area (Å²) in [5.41, 5.74) is 3.23. The molecule has 0 saturated carbocycles. The van der Waals surface area contributed by atoms with Crippen LogP contribution in [0.2, 0.25) is 0 Å². The van der Waals surface area contributed by atoms with Crippen LogP contribution < -0.4 is 0 Å². The van der Waals surface area contributed by atoms with Crippen molar-refractivity contribution in [2.75, 3.05) is 5.75 Å². The predicted octanol–water partition coefficient (Wildman–Crippen LogP) is 5.63. The van der Waals surface area contributed by atoms with Gasteiger partial charge in [0.2, 0.25) is 5.16 Å². The number of hydrogen-bond donors (Lipinski definition) is 1. The molecule has 0 fully saturated rings. The number of rotatable bonds is 7. The molecule has 1 amide bonds. The fraction of sp³-hybridized carbons (Fsp3) is 0.217. The van der Waals surface area contributed by atoms with Gasteiger partial charge < -0.3 is 0 Å². The Labute approximate surface area is 198 Å². The van der Waals surface area contributed by atoms with Crippen LogP contribution in [0.1, 0.15) is 34.7 Å². The lowest BCUT2D eigenvalue weighted by atomic mass is 10.1. The molecule has 6 nitrogen and oxygen atoms in total. The molecule has 0 spiro atoms. The molecular weight excluding hydrogens is 458 g/mol. The van der Waals surface area contributed by atoms with Gasteiger partial charge in [-0.15, -0.1) is 27.8 Å². The average molecular weight is 480 g/mol. The third-order valence-corrected chi connectivity index (χ3v) is 7.99. The van der Waals surface area contributed by atoms with Gasteiger partial charge >= 0.3 is 0 Å². The van der Waals surface area contributed by atoms with Crippen molar-refractivity contribution in [1.82, 2.24) is 20.2 Å². The molecule has 162 valence electrons. The molecule has 4 aromatic rings. The first kappa shape index (κ1) is 21.1. The van der Waals surface area contributed by atoms with E-state index in [2.05, 4.69) is 46.4 Å². The van der Waals surface area contributed by atoms with E-state index in [-0.39, 0.29) is 17.7 Å². The maximum Gasteiger partial charge on any atom is 0.253 e. The highest BCUT2D eigenvalue weighted by atomic mass is 32.2. The second-order valence-corrected chi connectivity index (χ2v) is 10.2. The van der Waals surface area contributed by atoms with Gasteiger partial charge in [-0.25, -0.2) is 9.99 Å². The van der Waals surface area contributed by atoms with Crippen molar-refractivity contribution in [1.29, 1.82) is 0 Å². The number of nitrogens with one attached hydrogen (secondary N) is 1. The van der Waals surface area contributed by atoms with Gasteiger partial charge in [0.05, 0.1) is 22.4 Å². The van der Waals surface area contributed by atoms with Gasteiger partial charge in [0.25, 0.3) is 5.91 Å². The SMILES string of the molecule is CCc1ccc(-c2nc(SCC(=O)N3N=C(c4cccs4)CC3c3cccs3)n[nH]2)cc1. The van der Waals surface area contributed by atoms with Crippen LogP contribution in [-0.4, -0.2) is 37.6 Å². The molecule has 32 heavy (non-hydrogen) atoms. The number of carbonyl (C=O) groups excluding carboxylic acids is 1. The first-order valence-corrected chi connectivity index (χ1v) is 13.1. The normalized spacial score (nSPS) is 15.8. The second kappa shape index (κ2) is 9.40. The zero-order chi connectivity index (χ0) is 21.9. The lowest BCUT2D eigenvalue weighted by Crippen LogP contribution is -2.28. The van der Waals surface area contributed by atoms with E-state index in [0.29, 0.717) is 11.0 Å². The van der Waals surface area contributed by atoms with Gasteiger partial charge in [-0.05, 0) is 34.9 Å². The predicted molar refractivity (Wildman–Crippen MR) is 131 cm³/mol. The molecule has 0 saturated heterocycles. The van der Waals surface area contributed by atoms with Crippen molar-refractivity contribution < 1.29 is 4.79 Å². The first-order valence-electron chi connectivity index (χ1n) is 10.3. The van der Waals surface area contributed by atoms with Gasteiger partial charge in [0.15, 0.2) is 5.82 Å². The molecule has 1 aliphatic rings. The molecule has 1 aliphatic heterocycles. The molecule has 0 aliphatic carbocycles. The number of hydrogen-bond acceptors (Lipinski definition) is 7. The van der Waals surface area contributed by atoms with Gasteiger partial charge in [-0.1, -0.05) is 55.1 Å². The zero-order valence-electron chi connectivity index (χ0n) is 17.4. The van der Waals surface area contributed by atoms with Gasteiger partial charge in [-0.2, -0.15) is 5.10 Å². The maximum absolute atomic E-state index is 13.1. The molecule has 3 aromatic heterocycles. The topological polar surface area (TPSA) is 74.2 Å². The summed E-state index contributed by atoms with van der Waals surface area (Å²) in [7, 11) is 0. The molecule has 1 atom stereocenters. The Morgan fingerprint density at radius 3 is 2.69 bits per heavy atom. The smallest absolute Gasteiger partial charge is 0.253 e. The lowest BCUT2D eigenvalue weighted by Gasteiger charge is -2.20. The van der Waals surface area contributed by atoms with Crippen LogP contribution >= 0.6 is 34.4 Å². The third-order valence-electron chi connectivity index (χ3n) is 5.27. The number of benzene rings is 1. The zero-order valence-corrected chi connectivity index (χ0v) is 19.8. The number of amides is 1. The molecule has 0 bridgehead atoms. The van der Waals surface area contributed by atoms with Gasteiger partial charge in [-0.3, -0.25) is 9.89 Å². The summed E-state index contributed by atoms with van der Waals surface area (Å²) in [6.07, 6.45) is 1.73. The van der Waals surface area contributed by atoms with E-state index in [9.17, 15) is 4.79 Å². The fourth-order valence-corrected chi connectivity index (χ4v) is 5.75. The monoisotopic (exact) mass is 479 g/mol. The van der Waals surface area contributed by atoms with Crippen LogP contribution in [0.15, 0.2) is 69.5 Å². The Bertz CT molecular complexity index is 1210. The van der Waals surface area contributed by atoms with Crippen LogP contribution in [0.25, 0.3) is 11.4 Å². The van der Waals surface area contributed by atoms with Crippen LogP contribution in [0.3, 0.4) is 0 Å². The summed E-state index contributed by atoms with van der Waals surface area (Å²) in [6.45, 7) is 2.13. The third kappa shape index (κ3) is 4.41. The van der Waals surface area contributed by atoms with Crippen molar-refractivity contribution in [3.63, 3.8) is 0 Å². The van der Waals surface area contributed by atoms with Crippen LogP contribution in [0, 0.1) is 0 Å². The largest absolute Gasteiger partial charge is 0.272 e. The standard InChI is InChI=1S/C23H21N5OS3/c1-2-15-7-9-16(10-8-15)22-24-23(26-25-22)32-14-21(29)28-18(20-6-4-12-31-20)13-17(27-28)19-5-3-11-30-19/h3-12,18H,2,13-14H2,1H3,(H,24,25,26). The lowest BCUT2D eigenvalue weighted by molar-refractivity contribution is -0.130. The van der Waals surface area contributed by atoms with E-state index < -0.39 is 0 Å². The first-order chi connectivity index (χ1) is 15.7. The molecule has 1 unspecified atom stereocenters. The Kier molecular flexibility index (Phi) is 6.20. The number of thioether (sulfide) groups is 1. The minimum absolute atomic E-state index is 0.0430. The van der Waals surface area contributed by atoms with Crippen molar-refractivity contribution in [3.8, 4) is 11.4 Å². The molecule has 4 heterocycles. The number of hydrazone groups is 1. The minimum atomic E-state index is -0.0556. The van der Waals surface area contributed by atoms with E-state index in [1.807, 2.05) is 35.0 Å². The highest BCUT2D eigenvalue weighted by molar-refractivity contribution is 7.99. The molecule has 0 radical (unpaired) electrons. The van der Waals surface area contributed by atoms with Gasteiger partial charge in [0.1, 0.15) is 0 Å². The van der Waals surface area contributed by atoms with Crippen LogP contribution in [0.5, 0.6) is 0 Å². The van der Waals surface area contributed by atoms with Crippen LogP contribution in [0.4, 0.5) is 0 Å². The maximum atomic E-state index is 13.1. The van der Waals surface area contributed by atoms with Crippen molar-refractivity contribution >= 4 is 46.1 Å². The number of H-pyrrole nitrogens is 1. The fourth-order valence-electron chi connectivity index (χ4n) is 3.57. The summed E-state index contributed by atoms with van der Waals surface area (Å²) in [5, 5.41) is 18.2. The Morgan fingerprint density at radius 1 is 1.16 bits per heavy atom. The number of aryl methyl sites for hydroxylation is 1.